The molecule has 19 heavy (non-hydrogen) atoms. The largest absolute Gasteiger partial charge is 0.308 e. The van der Waals surface area contributed by atoms with Gasteiger partial charge in [0, 0.05) is 5.56 Å². The van der Waals surface area contributed by atoms with E-state index >= 15 is 0 Å². The topological polar surface area (TPSA) is 50.4 Å². The van der Waals surface area contributed by atoms with Crippen LogP contribution in [0.25, 0.3) is 0 Å². The number of nitrogens with zero attached hydrogens (tertiary/aromatic N) is 1. The molecule has 3 nitrogen and oxygen atoms in total. The van der Waals surface area contributed by atoms with E-state index in [1.165, 1.54) is 37.8 Å². The number of benzene rings is 1. The summed E-state index contributed by atoms with van der Waals surface area (Å²) in [4.78, 5) is 4.70. The maximum absolute atomic E-state index is 13.4. The van der Waals surface area contributed by atoms with E-state index in [1.807, 2.05) is 6.92 Å². The Morgan fingerprint density at radius 2 is 1.95 bits per heavy atom. The molecular formula is C15H22FN3. The van der Waals surface area contributed by atoms with Gasteiger partial charge >= 0.3 is 0 Å². The first-order chi connectivity index (χ1) is 9.20. The van der Waals surface area contributed by atoms with E-state index in [9.17, 15) is 4.39 Å². The lowest BCUT2D eigenvalue weighted by atomic mass is 10.1. The Morgan fingerprint density at radius 3 is 2.58 bits per heavy atom. The Morgan fingerprint density at radius 1 is 1.26 bits per heavy atom. The van der Waals surface area contributed by atoms with Crippen LogP contribution in [0.5, 0.6) is 0 Å². The highest BCUT2D eigenvalue weighted by Gasteiger charge is 2.14. The lowest BCUT2D eigenvalue weighted by molar-refractivity contribution is 0.583. The van der Waals surface area contributed by atoms with Crippen LogP contribution in [-0.2, 0) is 0 Å². The third-order valence-electron chi connectivity index (χ3n) is 3.73. The van der Waals surface area contributed by atoms with Crippen molar-refractivity contribution in [2.45, 2.75) is 51.5 Å². The molecule has 1 aliphatic rings. The first-order valence-corrected chi connectivity index (χ1v) is 7.01. The highest BCUT2D eigenvalue weighted by molar-refractivity contribution is 5.99. The fourth-order valence-corrected chi connectivity index (χ4v) is 2.60. The second-order valence-electron chi connectivity index (χ2n) is 5.23. The Hall–Kier alpha value is -1.42. The lowest BCUT2D eigenvalue weighted by Gasteiger charge is -2.14. The number of amidine groups is 1. The molecule has 0 aromatic heterocycles. The van der Waals surface area contributed by atoms with E-state index in [0.29, 0.717) is 11.9 Å². The van der Waals surface area contributed by atoms with E-state index in [0.717, 1.165) is 24.0 Å². The predicted octanol–water partition coefficient (Wildman–Crippen LogP) is 3.07. The number of hydrazine groups is 1. The van der Waals surface area contributed by atoms with Crippen molar-refractivity contribution in [2.75, 3.05) is 0 Å². The van der Waals surface area contributed by atoms with Gasteiger partial charge in [-0.25, -0.2) is 10.2 Å². The van der Waals surface area contributed by atoms with Crippen molar-refractivity contribution in [3.05, 3.63) is 35.1 Å². The summed E-state index contributed by atoms with van der Waals surface area (Å²) in [7, 11) is 0. The van der Waals surface area contributed by atoms with Crippen molar-refractivity contribution in [3.8, 4) is 0 Å². The summed E-state index contributed by atoms with van der Waals surface area (Å²) >= 11 is 0. The van der Waals surface area contributed by atoms with E-state index in [2.05, 4.69) is 5.43 Å². The highest BCUT2D eigenvalue weighted by Crippen LogP contribution is 2.21. The van der Waals surface area contributed by atoms with Crippen LogP contribution < -0.4 is 11.3 Å². The molecule has 0 bridgehead atoms. The maximum atomic E-state index is 13.4. The van der Waals surface area contributed by atoms with Gasteiger partial charge in [0.25, 0.3) is 0 Å². The third kappa shape index (κ3) is 3.77. The van der Waals surface area contributed by atoms with Crippen LogP contribution in [-0.4, -0.2) is 11.9 Å². The molecule has 0 heterocycles. The number of hydrogen-bond acceptors (Lipinski definition) is 2. The highest BCUT2D eigenvalue weighted by atomic mass is 19.1. The van der Waals surface area contributed by atoms with Gasteiger partial charge in [0.2, 0.25) is 0 Å². The van der Waals surface area contributed by atoms with Crippen molar-refractivity contribution in [2.24, 2.45) is 10.8 Å². The number of halogens is 1. The summed E-state index contributed by atoms with van der Waals surface area (Å²) in [5, 5.41) is 0. The molecule has 1 aliphatic carbocycles. The molecule has 0 aliphatic heterocycles. The van der Waals surface area contributed by atoms with E-state index in [-0.39, 0.29) is 5.82 Å². The Labute approximate surface area is 114 Å². The first kappa shape index (κ1) is 14.0. The van der Waals surface area contributed by atoms with Gasteiger partial charge in [-0.15, -0.1) is 0 Å². The van der Waals surface area contributed by atoms with E-state index in [4.69, 9.17) is 10.8 Å². The van der Waals surface area contributed by atoms with E-state index in [1.54, 1.807) is 6.07 Å². The van der Waals surface area contributed by atoms with Crippen LogP contribution >= 0.6 is 0 Å². The number of rotatable bonds is 2. The number of aliphatic imine (C=N–C) groups is 1. The summed E-state index contributed by atoms with van der Waals surface area (Å²) in [6.45, 7) is 1.94. The number of aryl methyl sites for hydroxylation is 1. The minimum Gasteiger partial charge on any atom is -0.308 e. The van der Waals surface area contributed by atoms with Crippen molar-refractivity contribution in [1.82, 2.24) is 5.43 Å². The van der Waals surface area contributed by atoms with Crippen LogP contribution in [0.4, 0.5) is 4.39 Å². The molecule has 0 saturated heterocycles. The summed E-state index contributed by atoms with van der Waals surface area (Å²) in [5.74, 6) is 5.92. The second-order valence-corrected chi connectivity index (χ2v) is 5.23. The second kappa shape index (κ2) is 6.66. The number of nitrogens with two attached hydrogens (primary N) is 1. The average Bonchev–Trinajstić information content (AvgIpc) is 2.67. The van der Waals surface area contributed by atoms with Gasteiger partial charge in [-0.05, 0) is 37.5 Å². The van der Waals surface area contributed by atoms with Crippen molar-refractivity contribution >= 4 is 5.84 Å². The monoisotopic (exact) mass is 263 g/mol. The molecule has 2 rings (SSSR count). The quantitative estimate of drug-likeness (QED) is 0.283. The predicted molar refractivity (Wildman–Crippen MR) is 76.5 cm³/mol. The number of hydrogen-bond donors (Lipinski definition) is 2. The Bertz CT molecular complexity index is 449. The molecule has 1 fully saturated rings. The van der Waals surface area contributed by atoms with Gasteiger partial charge in [-0.2, -0.15) is 0 Å². The maximum Gasteiger partial charge on any atom is 0.143 e. The summed E-state index contributed by atoms with van der Waals surface area (Å²) in [6, 6.07) is 5.00. The van der Waals surface area contributed by atoms with Gasteiger partial charge in [0.15, 0.2) is 0 Å². The summed E-state index contributed by atoms with van der Waals surface area (Å²) in [5.41, 5.74) is 4.37. The van der Waals surface area contributed by atoms with Gasteiger partial charge in [0.05, 0.1) is 6.04 Å². The van der Waals surface area contributed by atoms with Gasteiger partial charge in [-0.1, -0.05) is 31.7 Å². The molecular weight excluding hydrogens is 241 g/mol. The third-order valence-corrected chi connectivity index (χ3v) is 3.73. The molecule has 1 saturated carbocycles. The van der Waals surface area contributed by atoms with Gasteiger partial charge in [0.1, 0.15) is 11.7 Å². The van der Waals surface area contributed by atoms with Crippen LogP contribution in [0.2, 0.25) is 0 Å². The van der Waals surface area contributed by atoms with Crippen LogP contribution in [0.1, 0.15) is 49.7 Å². The molecule has 1 aromatic rings. The average molecular weight is 263 g/mol. The zero-order valence-electron chi connectivity index (χ0n) is 11.5. The summed E-state index contributed by atoms with van der Waals surface area (Å²) < 4.78 is 13.4. The van der Waals surface area contributed by atoms with Crippen LogP contribution in [0, 0.1) is 12.7 Å². The SMILES string of the molecule is Cc1ccc(F)cc1C(=NC1CCCCCC1)NN. The fourth-order valence-electron chi connectivity index (χ4n) is 2.60. The molecule has 4 heteroatoms. The van der Waals surface area contributed by atoms with Crippen LogP contribution in [0.3, 0.4) is 0 Å². The van der Waals surface area contributed by atoms with Crippen LogP contribution in [0.15, 0.2) is 23.2 Å². The standard InChI is InChI=1S/C15H22FN3/c1-11-8-9-12(16)10-14(11)15(19-17)18-13-6-4-2-3-5-7-13/h8-10,13H,2-7,17H2,1H3,(H,18,19). The fraction of sp³-hybridized carbons (Fsp3) is 0.533. The molecule has 0 amide bonds. The molecule has 0 unspecified atom stereocenters. The molecule has 1 aromatic carbocycles. The molecule has 104 valence electrons. The minimum atomic E-state index is -0.260. The molecule has 0 spiro atoms. The van der Waals surface area contributed by atoms with Gasteiger partial charge in [-0.3, -0.25) is 4.99 Å². The van der Waals surface area contributed by atoms with Crippen molar-refractivity contribution < 1.29 is 4.39 Å². The minimum absolute atomic E-state index is 0.260. The first-order valence-electron chi connectivity index (χ1n) is 7.01. The summed E-state index contributed by atoms with van der Waals surface area (Å²) in [6.07, 6.45) is 7.20. The lowest BCUT2D eigenvalue weighted by Crippen LogP contribution is -2.33. The smallest absolute Gasteiger partial charge is 0.143 e. The Kier molecular flexibility index (Phi) is 4.91. The zero-order valence-corrected chi connectivity index (χ0v) is 11.5. The normalized spacial score (nSPS) is 18.2. The molecule has 0 radical (unpaired) electrons. The van der Waals surface area contributed by atoms with Crippen molar-refractivity contribution in [1.29, 1.82) is 0 Å². The molecule has 0 atom stereocenters. The molecule has 3 N–H and O–H groups in total. The number of nitrogens with one attached hydrogen (secondary N) is 1. The van der Waals surface area contributed by atoms with Crippen molar-refractivity contribution in [3.63, 3.8) is 0 Å². The van der Waals surface area contributed by atoms with E-state index < -0.39 is 0 Å². The zero-order chi connectivity index (χ0) is 13.7. The van der Waals surface area contributed by atoms with Gasteiger partial charge < -0.3 is 5.43 Å². The Balaban J connectivity index is 2.24.